The van der Waals surface area contributed by atoms with Gasteiger partial charge in [-0.2, -0.15) is 0 Å². The van der Waals surface area contributed by atoms with E-state index in [0.717, 1.165) is 22.3 Å². The molecule has 0 bridgehead atoms. The van der Waals surface area contributed by atoms with Crippen LogP contribution in [0.25, 0.3) is 0 Å². The molecule has 6 nitrogen and oxygen atoms in total. The largest absolute Gasteiger partial charge is 0.390 e. The first kappa shape index (κ1) is 31.8. The molecule has 0 saturated heterocycles. The van der Waals surface area contributed by atoms with Crippen LogP contribution in [-0.2, 0) is 50.1 Å². The molecule has 0 heterocycles. The van der Waals surface area contributed by atoms with Crippen molar-refractivity contribution >= 4 is 0 Å². The molecular weight excluding hydrogens is 552 g/mol. The summed E-state index contributed by atoms with van der Waals surface area (Å²) in [7, 11) is 0. The van der Waals surface area contributed by atoms with Gasteiger partial charge >= 0.3 is 0 Å². The normalized spacial score (nSPS) is 23.3. The number of rotatable bonds is 16. The van der Waals surface area contributed by atoms with E-state index in [1.54, 1.807) is 6.08 Å². The molecule has 0 spiro atoms. The van der Waals surface area contributed by atoms with Gasteiger partial charge in [-0.3, -0.25) is 0 Å². The van der Waals surface area contributed by atoms with E-state index in [1.165, 1.54) is 0 Å². The van der Waals surface area contributed by atoms with Crippen LogP contribution in [0.1, 0.15) is 22.3 Å². The molecule has 6 heteroatoms. The maximum atomic E-state index is 11.9. The molecule has 1 aliphatic carbocycles. The van der Waals surface area contributed by atoms with E-state index in [-0.39, 0.29) is 13.2 Å². The summed E-state index contributed by atoms with van der Waals surface area (Å²) in [4.78, 5) is 0. The molecule has 44 heavy (non-hydrogen) atoms. The average molecular weight is 595 g/mol. The molecule has 0 radical (unpaired) electrons. The molecule has 230 valence electrons. The predicted molar refractivity (Wildman–Crippen MR) is 171 cm³/mol. The topological polar surface area (TPSA) is 66.4 Å². The third kappa shape index (κ3) is 8.96. The van der Waals surface area contributed by atoms with E-state index in [2.05, 4.69) is 6.58 Å². The Morgan fingerprint density at radius 3 is 1.32 bits per heavy atom. The van der Waals surface area contributed by atoms with Crippen LogP contribution >= 0.6 is 0 Å². The number of hydrogen-bond acceptors (Lipinski definition) is 6. The summed E-state index contributed by atoms with van der Waals surface area (Å²) in [5, 5.41) is 11.9. The number of aliphatic hydroxyl groups excluding tert-OH is 1. The maximum Gasteiger partial charge on any atom is 0.115 e. The Morgan fingerprint density at radius 1 is 0.500 bits per heavy atom. The molecule has 0 aromatic heterocycles. The zero-order chi connectivity index (χ0) is 30.4. The Hall–Kier alpha value is -3.62. The Bertz CT molecular complexity index is 1350. The van der Waals surface area contributed by atoms with Crippen molar-refractivity contribution in [3.05, 3.63) is 156 Å². The lowest BCUT2D eigenvalue weighted by Gasteiger charge is -2.48. The minimum atomic E-state index is -0.941. The van der Waals surface area contributed by atoms with Gasteiger partial charge in [0.2, 0.25) is 0 Å². The third-order valence-electron chi connectivity index (χ3n) is 7.85. The highest BCUT2D eigenvalue weighted by Crippen LogP contribution is 2.36. The van der Waals surface area contributed by atoms with E-state index < -0.39 is 36.4 Å². The minimum absolute atomic E-state index is 0.250. The quantitative estimate of drug-likeness (QED) is 0.149. The molecule has 1 fully saturated rings. The lowest BCUT2D eigenvalue weighted by atomic mass is 9.78. The maximum absolute atomic E-state index is 11.9. The first-order valence-corrected chi connectivity index (χ1v) is 15.2. The van der Waals surface area contributed by atoms with Crippen LogP contribution in [0, 0.1) is 5.92 Å². The van der Waals surface area contributed by atoms with Crippen molar-refractivity contribution < 1.29 is 28.8 Å². The van der Waals surface area contributed by atoms with E-state index in [0.29, 0.717) is 26.4 Å². The summed E-state index contributed by atoms with van der Waals surface area (Å²) in [6.07, 6.45) is -1.69. The summed E-state index contributed by atoms with van der Waals surface area (Å²) in [5.74, 6) is -0.449. The summed E-state index contributed by atoms with van der Waals surface area (Å²) in [6, 6.07) is 40.0. The van der Waals surface area contributed by atoms with Gasteiger partial charge in [0.15, 0.2) is 0 Å². The Labute approximate surface area is 260 Å². The van der Waals surface area contributed by atoms with Crippen LogP contribution in [0.2, 0.25) is 0 Å². The fourth-order valence-electron chi connectivity index (χ4n) is 5.60. The predicted octanol–water partition coefficient (Wildman–Crippen LogP) is 6.52. The van der Waals surface area contributed by atoms with Crippen molar-refractivity contribution in [2.45, 2.75) is 56.9 Å². The lowest BCUT2D eigenvalue weighted by Crippen LogP contribution is -2.64. The summed E-state index contributed by atoms with van der Waals surface area (Å²) < 4.78 is 32.4. The molecule has 0 unspecified atom stereocenters. The molecule has 0 aliphatic heterocycles. The van der Waals surface area contributed by atoms with Gasteiger partial charge in [-0.05, 0) is 22.3 Å². The number of hydrogen-bond donors (Lipinski definition) is 1. The van der Waals surface area contributed by atoms with Gasteiger partial charge in [0.05, 0.1) is 51.8 Å². The zero-order valence-electron chi connectivity index (χ0n) is 25.0. The number of ether oxygens (including phenoxy) is 5. The Kier molecular flexibility index (Phi) is 12.3. The second-order valence-corrected chi connectivity index (χ2v) is 11.0. The van der Waals surface area contributed by atoms with Crippen molar-refractivity contribution in [1.82, 2.24) is 0 Å². The molecule has 4 aromatic rings. The fourth-order valence-corrected chi connectivity index (χ4v) is 5.60. The summed E-state index contributed by atoms with van der Waals surface area (Å²) in [5.41, 5.74) is 4.13. The highest BCUT2D eigenvalue weighted by Gasteiger charge is 2.53. The zero-order valence-corrected chi connectivity index (χ0v) is 25.0. The first-order valence-electron chi connectivity index (χ1n) is 15.2. The van der Waals surface area contributed by atoms with E-state index in [1.807, 2.05) is 121 Å². The molecule has 5 rings (SSSR count). The molecule has 1 aliphatic rings. The minimum Gasteiger partial charge on any atom is -0.390 e. The van der Waals surface area contributed by atoms with E-state index in [4.69, 9.17) is 23.7 Å². The van der Waals surface area contributed by atoms with Gasteiger partial charge in [0, 0.05) is 5.92 Å². The van der Waals surface area contributed by atoms with Crippen molar-refractivity contribution in [1.29, 1.82) is 0 Å². The van der Waals surface area contributed by atoms with Crippen LogP contribution in [0.5, 0.6) is 0 Å². The smallest absolute Gasteiger partial charge is 0.115 e. The van der Waals surface area contributed by atoms with Gasteiger partial charge < -0.3 is 28.8 Å². The number of benzene rings is 4. The van der Waals surface area contributed by atoms with Gasteiger partial charge in [0.25, 0.3) is 0 Å². The van der Waals surface area contributed by atoms with E-state index in [9.17, 15) is 5.11 Å². The van der Waals surface area contributed by atoms with Gasteiger partial charge in [-0.1, -0.05) is 127 Å². The first-order chi connectivity index (χ1) is 21.7. The van der Waals surface area contributed by atoms with Crippen LogP contribution in [0.4, 0.5) is 0 Å². The highest BCUT2D eigenvalue weighted by atomic mass is 16.6. The molecule has 4 aromatic carbocycles. The molecule has 6 atom stereocenters. The second kappa shape index (κ2) is 17.0. The van der Waals surface area contributed by atoms with Crippen LogP contribution in [0.15, 0.2) is 134 Å². The van der Waals surface area contributed by atoms with Crippen LogP contribution in [-0.4, -0.2) is 48.8 Å². The standard InChI is InChI=1S/C38H42O6/c1-2-23-41-36-34(39)33(28-40-24-29-15-7-3-8-16-29)35(42-25-30-17-9-4-10-18-30)37(43-26-31-19-11-5-12-20-31)38(36)44-27-32-21-13-6-14-22-32/h2-22,33-39H,1,23-28H2/t33-,34+,35+,36+,37-,38-/m0/s1. The average Bonchev–Trinajstić information content (AvgIpc) is 3.08. The van der Waals surface area contributed by atoms with Crippen molar-refractivity contribution in [3.63, 3.8) is 0 Å². The summed E-state index contributed by atoms with van der Waals surface area (Å²) >= 11 is 0. The van der Waals surface area contributed by atoms with Gasteiger partial charge in [-0.25, -0.2) is 0 Å². The molecule has 0 amide bonds. The second-order valence-electron chi connectivity index (χ2n) is 11.0. The van der Waals surface area contributed by atoms with Crippen molar-refractivity contribution in [2.24, 2.45) is 5.92 Å². The Balaban J connectivity index is 1.45. The number of aliphatic hydroxyl groups is 1. The van der Waals surface area contributed by atoms with Crippen molar-refractivity contribution in [2.75, 3.05) is 13.2 Å². The summed E-state index contributed by atoms with van der Waals surface area (Å²) in [6.45, 7) is 5.79. The van der Waals surface area contributed by atoms with Crippen LogP contribution in [0.3, 0.4) is 0 Å². The van der Waals surface area contributed by atoms with Crippen LogP contribution < -0.4 is 0 Å². The monoisotopic (exact) mass is 594 g/mol. The molecular formula is C38H42O6. The molecule has 1 N–H and O–H groups in total. The SMILES string of the molecule is C=CCO[C@@H]1[C@H](O)[C@H](COCc2ccccc2)[C@@H](OCc2ccccc2)[C@H](OCc2ccccc2)[C@H]1OCc1ccccc1. The highest BCUT2D eigenvalue weighted by molar-refractivity contribution is 5.17. The fraction of sp³-hybridized carbons (Fsp3) is 0.316. The van der Waals surface area contributed by atoms with E-state index >= 15 is 0 Å². The molecule has 1 saturated carbocycles. The van der Waals surface area contributed by atoms with Crippen molar-refractivity contribution in [3.8, 4) is 0 Å². The lowest BCUT2D eigenvalue weighted by molar-refractivity contribution is -0.263. The Morgan fingerprint density at radius 2 is 0.886 bits per heavy atom. The van der Waals surface area contributed by atoms with Gasteiger partial charge in [0.1, 0.15) is 18.3 Å². The van der Waals surface area contributed by atoms with Gasteiger partial charge in [-0.15, -0.1) is 6.58 Å². The third-order valence-corrected chi connectivity index (χ3v) is 7.85.